The summed E-state index contributed by atoms with van der Waals surface area (Å²) in [5.41, 5.74) is 9.60. The van der Waals surface area contributed by atoms with Gasteiger partial charge in [-0.1, -0.05) is 23.2 Å². The Labute approximate surface area is 204 Å². The van der Waals surface area contributed by atoms with Crippen molar-refractivity contribution in [1.29, 1.82) is 0 Å². The van der Waals surface area contributed by atoms with E-state index in [2.05, 4.69) is 26.4 Å². The molecule has 174 valence electrons. The molecule has 4 rings (SSSR count). The maximum absolute atomic E-state index is 12.7. The summed E-state index contributed by atoms with van der Waals surface area (Å²) in [5, 5.41) is 4.90. The summed E-state index contributed by atoms with van der Waals surface area (Å²) in [6, 6.07) is 7.59. The van der Waals surface area contributed by atoms with Crippen LogP contribution in [-0.2, 0) is 6.42 Å². The average molecular weight is 500 g/mol. The van der Waals surface area contributed by atoms with E-state index in [0.29, 0.717) is 46.0 Å². The highest BCUT2D eigenvalue weighted by Crippen LogP contribution is 2.30. The molecule has 2 aromatic heterocycles. The number of hydrazine groups is 1. The summed E-state index contributed by atoms with van der Waals surface area (Å²) in [6.07, 6.45) is 4.88. The fraction of sp³-hybridized carbons (Fsp3) is 0.174. The lowest BCUT2D eigenvalue weighted by Crippen LogP contribution is -2.41. The van der Waals surface area contributed by atoms with Crippen molar-refractivity contribution < 1.29 is 18.8 Å². The van der Waals surface area contributed by atoms with Crippen LogP contribution in [0.15, 0.2) is 52.2 Å². The Morgan fingerprint density at radius 3 is 2.47 bits per heavy atom. The molecule has 0 unspecified atom stereocenters. The number of halogens is 2. The first-order chi connectivity index (χ1) is 16.3. The molecule has 1 aromatic carbocycles. The summed E-state index contributed by atoms with van der Waals surface area (Å²) in [6.45, 7) is 1.72. The van der Waals surface area contributed by atoms with Gasteiger partial charge in [0.25, 0.3) is 11.8 Å². The lowest BCUT2D eigenvalue weighted by atomic mass is 9.93. The highest BCUT2D eigenvalue weighted by atomic mass is 35.5. The second-order valence-corrected chi connectivity index (χ2v) is 8.32. The number of furan rings is 1. The fourth-order valence-corrected chi connectivity index (χ4v) is 4.09. The van der Waals surface area contributed by atoms with Crippen LogP contribution < -0.4 is 16.3 Å². The van der Waals surface area contributed by atoms with Crippen molar-refractivity contribution >= 4 is 46.6 Å². The number of aryl methyl sites for hydroxylation is 1. The molecule has 0 aliphatic heterocycles. The molecule has 1 aliphatic rings. The van der Waals surface area contributed by atoms with Crippen molar-refractivity contribution in [3.63, 3.8) is 0 Å². The van der Waals surface area contributed by atoms with Crippen LogP contribution in [0.1, 0.15) is 61.0 Å². The molecule has 34 heavy (non-hydrogen) atoms. The van der Waals surface area contributed by atoms with Crippen molar-refractivity contribution in [3.05, 3.63) is 86.5 Å². The van der Waals surface area contributed by atoms with E-state index >= 15 is 0 Å². The van der Waals surface area contributed by atoms with E-state index in [-0.39, 0.29) is 16.3 Å². The molecule has 3 N–H and O–H groups in total. The van der Waals surface area contributed by atoms with Gasteiger partial charge in [0.2, 0.25) is 0 Å². The summed E-state index contributed by atoms with van der Waals surface area (Å²) >= 11 is 12.0. The quantitative estimate of drug-likeness (QED) is 0.470. The molecule has 1 aliphatic carbocycles. The number of amides is 3. The van der Waals surface area contributed by atoms with Crippen LogP contribution in [0.5, 0.6) is 0 Å². The Morgan fingerprint density at radius 1 is 1.00 bits per heavy atom. The summed E-state index contributed by atoms with van der Waals surface area (Å²) in [7, 11) is 0. The number of rotatable bonds is 4. The molecule has 0 radical (unpaired) electrons. The number of carbonyl (C=O) groups excluding carboxylic acids is 3. The van der Waals surface area contributed by atoms with Crippen LogP contribution in [0.4, 0.5) is 0 Å². The number of nitrogens with zero attached hydrogens (tertiary/aromatic N) is 2. The molecule has 2 heterocycles. The molecule has 0 bridgehead atoms. The van der Waals surface area contributed by atoms with Gasteiger partial charge >= 0.3 is 5.91 Å². The summed E-state index contributed by atoms with van der Waals surface area (Å²) in [4.78, 5) is 41.2. The zero-order valence-corrected chi connectivity index (χ0v) is 19.5. The molecule has 0 saturated heterocycles. The third-order valence-electron chi connectivity index (χ3n) is 5.23. The molecule has 0 atom stereocenters. The predicted molar refractivity (Wildman–Crippen MR) is 126 cm³/mol. The molecule has 0 spiro atoms. The Hall–Kier alpha value is -3.69. The van der Waals surface area contributed by atoms with E-state index in [4.69, 9.17) is 27.6 Å². The maximum atomic E-state index is 12.7. The van der Waals surface area contributed by atoms with Gasteiger partial charge in [-0.2, -0.15) is 5.10 Å². The van der Waals surface area contributed by atoms with Gasteiger partial charge in [0.1, 0.15) is 5.76 Å². The standard InChI is InChI=1S/C23H19Cl2N5O4/c1-12-19-17(27-29-22(32)15-6-5-14(24)11-16(15)25)3-2-4-18(19)34-20(12)23(33)30-28-21(31)13-7-9-26-10-8-13/h5-11H,2-4H2,1H3,(H,28,31)(H,29,32)(H,30,33)/b27-17+. The van der Waals surface area contributed by atoms with Gasteiger partial charge in [0.15, 0.2) is 5.76 Å². The van der Waals surface area contributed by atoms with Gasteiger partial charge in [-0.15, -0.1) is 0 Å². The second kappa shape index (κ2) is 10.1. The Kier molecular flexibility index (Phi) is 6.95. The molecular formula is C23H19Cl2N5O4. The number of carbonyl (C=O) groups is 3. The van der Waals surface area contributed by atoms with E-state index in [1.807, 2.05) is 0 Å². The molecule has 0 fully saturated rings. The van der Waals surface area contributed by atoms with Crippen molar-refractivity contribution in [2.24, 2.45) is 5.10 Å². The van der Waals surface area contributed by atoms with Gasteiger partial charge < -0.3 is 4.42 Å². The monoisotopic (exact) mass is 499 g/mol. The van der Waals surface area contributed by atoms with E-state index in [1.54, 1.807) is 13.0 Å². The van der Waals surface area contributed by atoms with Crippen molar-refractivity contribution in [2.45, 2.75) is 26.2 Å². The van der Waals surface area contributed by atoms with E-state index in [9.17, 15) is 14.4 Å². The topological polar surface area (TPSA) is 126 Å². The van der Waals surface area contributed by atoms with E-state index in [1.165, 1.54) is 36.7 Å². The van der Waals surface area contributed by atoms with Crippen molar-refractivity contribution in [2.75, 3.05) is 0 Å². The molecular weight excluding hydrogens is 481 g/mol. The minimum atomic E-state index is -0.606. The minimum Gasteiger partial charge on any atom is -0.455 e. The third kappa shape index (κ3) is 4.95. The zero-order chi connectivity index (χ0) is 24.2. The number of pyridine rings is 1. The van der Waals surface area contributed by atoms with Crippen LogP contribution in [-0.4, -0.2) is 28.4 Å². The highest BCUT2D eigenvalue weighted by molar-refractivity contribution is 6.36. The number of hydrazone groups is 1. The minimum absolute atomic E-state index is 0.0571. The van der Waals surface area contributed by atoms with Gasteiger partial charge in [0.05, 0.1) is 16.3 Å². The predicted octanol–water partition coefficient (Wildman–Crippen LogP) is 3.84. The van der Waals surface area contributed by atoms with Gasteiger partial charge in [-0.05, 0) is 50.1 Å². The lowest BCUT2D eigenvalue weighted by Gasteiger charge is -2.13. The van der Waals surface area contributed by atoms with Gasteiger partial charge in [-0.3, -0.25) is 30.2 Å². The summed E-state index contributed by atoms with van der Waals surface area (Å²) < 4.78 is 5.79. The van der Waals surface area contributed by atoms with E-state index < -0.39 is 17.7 Å². The van der Waals surface area contributed by atoms with Crippen molar-refractivity contribution in [3.8, 4) is 0 Å². The third-order valence-corrected chi connectivity index (χ3v) is 5.78. The largest absolute Gasteiger partial charge is 0.455 e. The highest BCUT2D eigenvalue weighted by Gasteiger charge is 2.28. The van der Waals surface area contributed by atoms with Crippen LogP contribution in [0, 0.1) is 6.92 Å². The average Bonchev–Trinajstić information content (AvgIpc) is 3.18. The van der Waals surface area contributed by atoms with Gasteiger partial charge in [0, 0.05) is 40.5 Å². The van der Waals surface area contributed by atoms with Crippen LogP contribution in [0.2, 0.25) is 10.0 Å². The Morgan fingerprint density at radius 2 is 1.74 bits per heavy atom. The second-order valence-electron chi connectivity index (χ2n) is 7.48. The molecule has 9 nitrogen and oxygen atoms in total. The number of hydrogen-bond acceptors (Lipinski definition) is 6. The number of fused-ring (bicyclic) bond motifs is 1. The first kappa shape index (κ1) is 23.5. The molecule has 0 saturated carbocycles. The number of nitrogens with one attached hydrogen (secondary N) is 3. The SMILES string of the molecule is Cc1c(C(=O)NNC(=O)c2ccncc2)oc2c1/C(=N/NC(=O)c1ccc(Cl)cc1Cl)CCC2. The van der Waals surface area contributed by atoms with E-state index in [0.717, 1.165) is 6.42 Å². The summed E-state index contributed by atoms with van der Waals surface area (Å²) in [5.74, 6) is -0.936. The maximum Gasteiger partial charge on any atom is 0.305 e. The molecule has 11 heteroatoms. The number of hydrogen-bond donors (Lipinski definition) is 3. The number of benzene rings is 1. The Bertz CT molecular complexity index is 1300. The fourth-order valence-electron chi connectivity index (χ4n) is 3.59. The van der Waals surface area contributed by atoms with Crippen LogP contribution >= 0.6 is 23.2 Å². The van der Waals surface area contributed by atoms with Crippen molar-refractivity contribution in [1.82, 2.24) is 21.3 Å². The lowest BCUT2D eigenvalue weighted by molar-refractivity contribution is 0.0829. The smallest absolute Gasteiger partial charge is 0.305 e. The van der Waals surface area contributed by atoms with Crippen LogP contribution in [0.25, 0.3) is 0 Å². The molecule has 3 amide bonds. The molecule has 3 aromatic rings. The number of aromatic nitrogens is 1. The first-order valence-electron chi connectivity index (χ1n) is 10.3. The zero-order valence-electron chi connectivity index (χ0n) is 17.9. The van der Waals surface area contributed by atoms with Gasteiger partial charge in [-0.25, -0.2) is 5.43 Å². The van der Waals surface area contributed by atoms with Crippen LogP contribution in [0.3, 0.4) is 0 Å². The first-order valence-corrected chi connectivity index (χ1v) is 11.1. The normalized spacial score (nSPS) is 13.8. The Balaban J connectivity index is 1.49.